The van der Waals surface area contributed by atoms with Gasteiger partial charge in [-0.25, -0.2) is 15.0 Å². The number of imidazole rings is 1. The van der Waals surface area contributed by atoms with Gasteiger partial charge in [-0.2, -0.15) is 0 Å². The van der Waals surface area contributed by atoms with Crippen LogP contribution in [0.1, 0.15) is 28.8 Å². The second-order valence-corrected chi connectivity index (χ2v) is 8.08. The monoisotopic (exact) mass is 437 g/mol. The fraction of sp³-hybridized carbons (Fsp3) is 0.167. The topological polar surface area (TPSA) is 112 Å². The number of aryl methyl sites for hydroxylation is 1. The zero-order valence-electron chi connectivity index (χ0n) is 17.8. The second kappa shape index (κ2) is 7.63. The minimum absolute atomic E-state index is 0.0590. The third-order valence-corrected chi connectivity index (χ3v) is 5.72. The Morgan fingerprint density at radius 3 is 2.79 bits per heavy atom. The number of aromatic nitrogens is 6. The number of carbonyl (C=O) groups is 1. The number of hydrogen-bond acceptors (Lipinski definition) is 7. The van der Waals surface area contributed by atoms with Crippen LogP contribution in [0.4, 0.5) is 0 Å². The summed E-state index contributed by atoms with van der Waals surface area (Å²) in [6.45, 7) is 2.00. The molecule has 0 radical (unpaired) electrons. The molecule has 162 valence electrons. The lowest BCUT2D eigenvalue weighted by atomic mass is 10.1. The molecule has 1 N–H and O–H groups in total. The van der Waals surface area contributed by atoms with Crippen molar-refractivity contribution in [3.05, 3.63) is 72.6 Å². The minimum atomic E-state index is -0.0590. The van der Waals surface area contributed by atoms with Crippen LogP contribution in [0, 0.1) is 6.92 Å². The Labute approximate surface area is 188 Å². The van der Waals surface area contributed by atoms with Crippen LogP contribution in [-0.4, -0.2) is 41.7 Å². The third-order valence-electron chi connectivity index (χ3n) is 5.72. The lowest BCUT2D eigenvalue weighted by Crippen LogP contribution is -2.25. The van der Waals surface area contributed by atoms with Gasteiger partial charge in [-0.15, -0.1) is 10.2 Å². The molecule has 6 rings (SSSR count). The molecule has 3 heterocycles. The number of nitrogens with one attached hydrogen (secondary N) is 1. The summed E-state index contributed by atoms with van der Waals surface area (Å²) < 4.78 is 7.22. The van der Waals surface area contributed by atoms with Crippen molar-refractivity contribution in [1.82, 2.24) is 35.0 Å². The Balaban J connectivity index is 1.43. The Hall–Kier alpha value is -4.40. The van der Waals surface area contributed by atoms with Crippen LogP contribution >= 0.6 is 0 Å². The fourth-order valence-corrected chi connectivity index (χ4v) is 3.83. The van der Waals surface area contributed by atoms with Gasteiger partial charge in [0.15, 0.2) is 5.65 Å². The van der Waals surface area contributed by atoms with Crippen LogP contribution in [0.3, 0.4) is 0 Å². The SMILES string of the molecule is Cc1ccc(C(=O)NC2CC2)cc1-n1cnc2c(-c3cccc(-c4nnco4)c3)ncnc21. The first-order valence-corrected chi connectivity index (χ1v) is 10.6. The minimum Gasteiger partial charge on any atom is -0.423 e. The number of rotatable bonds is 5. The summed E-state index contributed by atoms with van der Waals surface area (Å²) in [5.74, 6) is 0.376. The van der Waals surface area contributed by atoms with Gasteiger partial charge in [0.05, 0.1) is 5.69 Å². The summed E-state index contributed by atoms with van der Waals surface area (Å²) in [5, 5.41) is 10.8. The van der Waals surface area contributed by atoms with Crippen LogP contribution in [0.15, 0.2) is 65.9 Å². The van der Waals surface area contributed by atoms with Gasteiger partial charge >= 0.3 is 0 Å². The molecule has 1 fully saturated rings. The maximum absolute atomic E-state index is 12.6. The van der Waals surface area contributed by atoms with Crippen molar-refractivity contribution in [2.24, 2.45) is 0 Å². The number of carbonyl (C=O) groups excluding carboxylic acids is 1. The summed E-state index contributed by atoms with van der Waals surface area (Å²) in [6, 6.07) is 13.7. The Morgan fingerprint density at radius 2 is 1.97 bits per heavy atom. The maximum atomic E-state index is 12.6. The van der Waals surface area contributed by atoms with Crippen LogP contribution < -0.4 is 5.32 Å². The van der Waals surface area contributed by atoms with Crippen LogP contribution in [-0.2, 0) is 0 Å². The van der Waals surface area contributed by atoms with Gasteiger partial charge in [0, 0.05) is 22.7 Å². The molecule has 1 saturated carbocycles. The van der Waals surface area contributed by atoms with Crippen LogP contribution in [0.5, 0.6) is 0 Å². The molecule has 0 aliphatic heterocycles. The molecule has 3 aromatic heterocycles. The average Bonchev–Trinajstić information content (AvgIpc) is 3.31. The quantitative estimate of drug-likeness (QED) is 0.446. The van der Waals surface area contributed by atoms with E-state index in [1.54, 1.807) is 6.33 Å². The lowest BCUT2D eigenvalue weighted by Gasteiger charge is -2.11. The van der Waals surface area contributed by atoms with Crippen molar-refractivity contribution in [3.8, 4) is 28.4 Å². The number of fused-ring (bicyclic) bond motifs is 1. The van der Waals surface area contributed by atoms with E-state index < -0.39 is 0 Å². The van der Waals surface area contributed by atoms with E-state index >= 15 is 0 Å². The van der Waals surface area contributed by atoms with Gasteiger partial charge in [-0.3, -0.25) is 9.36 Å². The molecule has 0 unspecified atom stereocenters. The fourth-order valence-electron chi connectivity index (χ4n) is 3.83. The van der Waals surface area contributed by atoms with E-state index in [1.165, 1.54) is 12.7 Å². The predicted molar refractivity (Wildman–Crippen MR) is 121 cm³/mol. The highest BCUT2D eigenvalue weighted by Gasteiger charge is 2.24. The highest BCUT2D eigenvalue weighted by molar-refractivity contribution is 5.95. The molecule has 0 bridgehead atoms. The number of amides is 1. The van der Waals surface area contributed by atoms with Crippen molar-refractivity contribution >= 4 is 17.1 Å². The summed E-state index contributed by atoms with van der Waals surface area (Å²) in [4.78, 5) is 26.2. The van der Waals surface area contributed by atoms with Crippen molar-refractivity contribution in [3.63, 3.8) is 0 Å². The molecule has 1 aliphatic rings. The van der Waals surface area contributed by atoms with Crippen molar-refractivity contribution in [2.45, 2.75) is 25.8 Å². The smallest absolute Gasteiger partial charge is 0.251 e. The molecule has 0 spiro atoms. The molecular formula is C24H19N7O2. The number of hydrogen-bond donors (Lipinski definition) is 1. The lowest BCUT2D eigenvalue weighted by molar-refractivity contribution is 0.0951. The first kappa shape index (κ1) is 19.3. The molecule has 2 aromatic carbocycles. The molecular weight excluding hydrogens is 418 g/mol. The van der Waals surface area contributed by atoms with Gasteiger partial charge < -0.3 is 9.73 Å². The van der Waals surface area contributed by atoms with Gasteiger partial charge in [0.2, 0.25) is 12.3 Å². The van der Waals surface area contributed by atoms with Crippen LogP contribution in [0.2, 0.25) is 0 Å². The van der Waals surface area contributed by atoms with Gasteiger partial charge in [0.25, 0.3) is 5.91 Å². The summed E-state index contributed by atoms with van der Waals surface area (Å²) in [6.07, 6.45) is 6.63. The highest BCUT2D eigenvalue weighted by atomic mass is 16.4. The van der Waals surface area contributed by atoms with Crippen molar-refractivity contribution in [2.75, 3.05) is 0 Å². The summed E-state index contributed by atoms with van der Waals surface area (Å²) in [5.41, 5.74) is 6.14. The zero-order valence-corrected chi connectivity index (χ0v) is 17.8. The average molecular weight is 437 g/mol. The highest BCUT2D eigenvalue weighted by Crippen LogP contribution is 2.29. The van der Waals surface area contributed by atoms with E-state index in [1.807, 2.05) is 54.0 Å². The Kier molecular flexibility index (Phi) is 4.46. The number of benzene rings is 2. The molecule has 9 nitrogen and oxygen atoms in total. The second-order valence-electron chi connectivity index (χ2n) is 8.08. The zero-order chi connectivity index (χ0) is 22.4. The normalized spacial score (nSPS) is 13.4. The van der Waals surface area contributed by atoms with Crippen LogP contribution in [0.25, 0.3) is 39.6 Å². The van der Waals surface area contributed by atoms with Crippen molar-refractivity contribution in [1.29, 1.82) is 0 Å². The maximum Gasteiger partial charge on any atom is 0.251 e. The van der Waals surface area contributed by atoms with E-state index in [-0.39, 0.29) is 5.91 Å². The Morgan fingerprint density at radius 1 is 1.09 bits per heavy atom. The largest absolute Gasteiger partial charge is 0.423 e. The molecule has 5 aromatic rings. The van der Waals surface area contributed by atoms with E-state index in [2.05, 4.69) is 30.5 Å². The molecule has 33 heavy (non-hydrogen) atoms. The van der Waals surface area contributed by atoms with E-state index in [0.29, 0.717) is 34.4 Å². The van der Waals surface area contributed by atoms with E-state index in [4.69, 9.17) is 4.42 Å². The molecule has 1 aliphatic carbocycles. The Bertz CT molecular complexity index is 1490. The van der Waals surface area contributed by atoms with E-state index in [0.717, 1.165) is 35.2 Å². The molecule has 9 heteroatoms. The molecule has 0 atom stereocenters. The predicted octanol–water partition coefficient (Wildman–Crippen LogP) is 3.73. The van der Waals surface area contributed by atoms with Gasteiger partial charge in [-0.05, 0) is 49.6 Å². The number of nitrogens with zero attached hydrogens (tertiary/aromatic N) is 6. The first-order chi connectivity index (χ1) is 16.2. The van der Waals surface area contributed by atoms with Gasteiger partial charge in [-0.1, -0.05) is 18.2 Å². The third kappa shape index (κ3) is 3.53. The van der Waals surface area contributed by atoms with E-state index in [9.17, 15) is 4.79 Å². The van der Waals surface area contributed by atoms with Gasteiger partial charge in [0.1, 0.15) is 23.9 Å². The molecule has 1 amide bonds. The first-order valence-electron chi connectivity index (χ1n) is 10.6. The summed E-state index contributed by atoms with van der Waals surface area (Å²) >= 11 is 0. The summed E-state index contributed by atoms with van der Waals surface area (Å²) in [7, 11) is 0. The van der Waals surface area contributed by atoms with Crippen molar-refractivity contribution < 1.29 is 9.21 Å². The molecule has 0 saturated heterocycles. The standard InChI is InChI=1S/C24H19N7O2/c1-14-5-6-16(23(32)29-18-7-8-18)10-19(14)31-12-27-21-20(25-11-26-22(21)31)15-3-2-4-17(9-15)24-30-28-13-33-24/h2-6,9-13,18H,7-8H2,1H3,(H,29,32).